The van der Waals surface area contributed by atoms with Crippen molar-refractivity contribution in [2.45, 2.75) is 6.92 Å². The van der Waals surface area contributed by atoms with Crippen molar-refractivity contribution in [3.05, 3.63) is 40.4 Å². The van der Waals surface area contributed by atoms with Crippen LogP contribution in [0, 0.1) is 0 Å². The molecule has 0 aliphatic rings. The van der Waals surface area contributed by atoms with E-state index >= 15 is 0 Å². The van der Waals surface area contributed by atoms with E-state index in [0.717, 1.165) is 5.56 Å². The van der Waals surface area contributed by atoms with E-state index in [1.807, 2.05) is 30.3 Å². The van der Waals surface area contributed by atoms with Crippen LogP contribution in [0.4, 0.5) is 0 Å². The second kappa shape index (κ2) is 6.08. The third-order valence-electron chi connectivity index (χ3n) is 1.67. The van der Waals surface area contributed by atoms with Gasteiger partial charge in [-0.25, -0.2) is 4.79 Å². The second-order valence-corrected chi connectivity index (χ2v) is 4.30. The predicted molar refractivity (Wildman–Crippen MR) is 67.8 cm³/mol. The van der Waals surface area contributed by atoms with Crippen LogP contribution in [-0.4, -0.2) is 12.6 Å². The van der Waals surface area contributed by atoms with Crippen molar-refractivity contribution in [2.75, 3.05) is 6.61 Å². The molecule has 0 aromatic heterocycles. The Kier molecular flexibility index (Phi) is 5.05. The molecule has 0 radical (unpaired) electrons. The van der Waals surface area contributed by atoms with Crippen LogP contribution >= 0.6 is 31.9 Å². The van der Waals surface area contributed by atoms with Crippen molar-refractivity contribution in [1.29, 1.82) is 0 Å². The van der Waals surface area contributed by atoms with Crippen LogP contribution in [-0.2, 0) is 9.53 Å². The summed E-state index contributed by atoms with van der Waals surface area (Å²) in [6.45, 7) is 2.14. The Bertz CT molecular complexity index is 371. The Hall–Kier alpha value is -0.610. The summed E-state index contributed by atoms with van der Waals surface area (Å²) in [6, 6.07) is 9.54. The number of rotatable bonds is 3. The van der Waals surface area contributed by atoms with Crippen LogP contribution in [0.2, 0.25) is 0 Å². The zero-order valence-electron chi connectivity index (χ0n) is 8.17. The van der Waals surface area contributed by atoms with Gasteiger partial charge in [0.05, 0.1) is 6.61 Å². The lowest BCUT2D eigenvalue weighted by Crippen LogP contribution is -2.04. The van der Waals surface area contributed by atoms with Crippen molar-refractivity contribution < 1.29 is 9.53 Å². The molecule has 1 rings (SSSR count). The molecule has 0 unspecified atom stereocenters. The molecular weight excluding hydrogens is 324 g/mol. The molecule has 0 spiro atoms. The SMILES string of the molecule is CCOC(=O)/C(Br)=C(/Br)c1ccccc1. The summed E-state index contributed by atoms with van der Waals surface area (Å²) in [5.41, 5.74) is 0.928. The fourth-order valence-corrected chi connectivity index (χ4v) is 1.76. The van der Waals surface area contributed by atoms with E-state index in [1.54, 1.807) is 6.92 Å². The summed E-state index contributed by atoms with van der Waals surface area (Å²) >= 11 is 6.56. The van der Waals surface area contributed by atoms with E-state index in [-0.39, 0.29) is 5.97 Å². The molecule has 0 atom stereocenters. The number of esters is 1. The minimum atomic E-state index is -0.367. The fraction of sp³-hybridized carbons (Fsp3) is 0.182. The van der Waals surface area contributed by atoms with Crippen LogP contribution in [0.5, 0.6) is 0 Å². The van der Waals surface area contributed by atoms with Gasteiger partial charge in [-0.1, -0.05) is 30.3 Å². The van der Waals surface area contributed by atoms with E-state index in [9.17, 15) is 4.79 Å². The first-order valence-corrected chi connectivity index (χ1v) is 6.03. The van der Waals surface area contributed by atoms with Crippen LogP contribution < -0.4 is 0 Å². The minimum absolute atomic E-state index is 0.364. The molecule has 80 valence electrons. The minimum Gasteiger partial charge on any atom is -0.462 e. The smallest absolute Gasteiger partial charge is 0.346 e. The lowest BCUT2D eigenvalue weighted by Gasteiger charge is -2.04. The third-order valence-corrected chi connectivity index (χ3v) is 3.78. The standard InChI is InChI=1S/C11H10Br2O2/c1-2-15-11(14)10(13)9(12)8-6-4-3-5-7-8/h3-7H,2H2,1H3/b10-9-. The number of hydrogen-bond donors (Lipinski definition) is 0. The van der Waals surface area contributed by atoms with E-state index in [4.69, 9.17) is 4.74 Å². The van der Waals surface area contributed by atoms with Gasteiger partial charge in [-0.05, 0) is 44.3 Å². The summed E-state index contributed by atoms with van der Waals surface area (Å²) in [4.78, 5) is 11.4. The lowest BCUT2D eigenvalue weighted by molar-refractivity contribution is -0.137. The molecule has 0 heterocycles. The first kappa shape index (κ1) is 12.5. The summed E-state index contributed by atoms with van der Waals surface area (Å²) in [5, 5.41) is 0. The number of benzene rings is 1. The van der Waals surface area contributed by atoms with Gasteiger partial charge in [0.15, 0.2) is 0 Å². The Morgan fingerprint density at radius 2 is 1.87 bits per heavy atom. The van der Waals surface area contributed by atoms with Gasteiger partial charge >= 0.3 is 5.97 Å². The Morgan fingerprint density at radius 3 is 2.40 bits per heavy atom. The number of hydrogen-bond acceptors (Lipinski definition) is 2. The van der Waals surface area contributed by atoms with Crippen molar-refractivity contribution in [3.63, 3.8) is 0 Å². The molecule has 0 saturated carbocycles. The van der Waals surface area contributed by atoms with Gasteiger partial charge in [-0.15, -0.1) is 0 Å². The van der Waals surface area contributed by atoms with E-state index in [1.165, 1.54) is 0 Å². The molecule has 1 aromatic carbocycles. The highest BCUT2D eigenvalue weighted by Crippen LogP contribution is 2.29. The lowest BCUT2D eigenvalue weighted by atomic mass is 10.2. The molecule has 0 aliphatic heterocycles. The average Bonchev–Trinajstić information content (AvgIpc) is 2.28. The molecule has 4 heteroatoms. The highest BCUT2D eigenvalue weighted by atomic mass is 79.9. The van der Waals surface area contributed by atoms with Gasteiger partial charge in [0.2, 0.25) is 0 Å². The van der Waals surface area contributed by atoms with E-state index in [0.29, 0.717) is 15.6 Å². The number of ether oxygens (including phenoxy) is 1. The van der Waals surface area contributed by atoms with Gasteiger partial charge in [0.25, 0.3) is 0 Å². The largest absolute Gasteiger partial charge is 0.462 e. The van der Waals surface area contributed by atoms with Crippen LogP contribution in [0.25, 0.3) is 4.48 Å². The third kappa shape index (κ3) is 3.47. The average molecular weight is 334 g/mol. The fourth-order valence-electron chi connectivity index (χ4n) is 0.995. The first-order valence-electron chi connectivity index (χ1n) is 4.44. The predicted octanol–water partition coefficient (Wildman–Crippen LogP) is 3.71. The zero-order valence-corrected chi connectivity index (χ0v) is 11.3. The Balaban J connectivity index is 2.95. The van der Waals surface area contributed by atoms with Gasteiger partial charge in [-0.2, -0.15) is 0 Å². The summed E-state index contributed by atoms with van der Waals surface area (Å²) in [5.74, 6) is -0.367. The van der Waals surface area contributed by atoms with Crippen LogP contribution in [0.15, 0.2) is 34.8 Å². The topological polar surface area (TPSA) is 26.3 Å². The van der Waals surface area contributed by atoms with Crippen LogP contribution in [0.3, 0.4) is 0 Å². The maximum absolute atomic E-state index is 11.4. The molecule has 2 nitrogen and oxygen atoms in total. The quantitative estimate of drug-likeness (QED) is 0.622. The highest BCUT2D eigenvalue weighted by molar-refractivity contribution is 9.16. The molecule has 0 fully saturated rings. The normalized spacial score (nSPS) is 11.9. The molecule has 0 amide bonds. The molecule has 0 N–H and O–H groups in total. The van der Waals surface area contributed by atoms with Gasteiger partial charge < -0.3 is 4.74 Å². The van der Waals surface area contributed by atoms with Gasteiger partial charge in [0.1, 0.15) is 4.48 Å². The maximum atomic E-state index is 11.4. The van der Waals surface area contributed by atoms with E-state index in [2.05, 4.69) is 31.9 Å². The summed E-state index contributed by atoms with van der Waals surface area (Å²) in [6.07, 6.45) is 0. The number of carbonyl (C=O) groups is 1. The zero-order chi connectivity index (χ0) is 11.3. The molecule has 0 bridgehead atoms. The number of carbonyl (C=O) groups excluding carboxylic acids is 1. The van der Waals surface area contributed by atoms with E-state index < -0.39 is 0 Å². The molecule has 0 saturated heterocycles. The van der Waals surface area contributed by atoms with Crippen molar-refractivity contribution in [3.8, 4) is 0 Å². The van der Waals surface area contributed by atoms with Crippen molar-refractivity contribution in [1.82, 2.24) is 0 Å². The molecular formula is C11H10Br2O2. The van der Waals surface area contributed by atoms with Crippen molar-refractivity contribution >= 4 is 42.3 Å². The number of halogens is 2. The van der Waals surface area contributed by atoms with Gasteiger partial charge in [0, 0.05) is 4.48 Å². The summed E-state index contributed by atoms with van der Waals surface area (Å²) < 4.78 is 5.97. The monoisotopic (exact) mass is 332 g/mol. The second-order valence-electron chi connectivity index (χ2n) is 2.71. The molecule has 1 aromatic rings. The molecule has 0 aliphatic carbocycles. The van der Waals surface area contributed by atoms with Gasteiger partial charge in [-0.3, -0.25) is 0 Å². The first-order chi connectivity index (χ1) is 7.16. The Morgan fingerprint density at radius 1 is 1.27 bits per heavy atom. The van der Waals surface area contributed by atoms with Crippen molar-refractivity contribution in [2.24, 2.45) is 0 Å². The summed E-state index contributed by atoms with van der Waals surface area (Å²) in [7, 11) is 0. The maximum Gasteiger partial charge on any atom is 0.346 e. The molecule has 15 heavy (non-hydrogen) atoms. The highest BCUT2D eigenvalue weighted by Gasteiger charge is 2.12. The Labute approximate surface area is 106 Å². The van der Waals surface area contributed by atoms with Crippen LogP contribution in [0.1, 0.15) is 12.5 Å².